The summed E-state index contributed by atoms with van der Waals surface area (Å²) in [5.41, 5.74) is -0.253. The minimum Gasteiger partial charge on any atom is -0.435 e. The van der Waals surface area contributed by atoms with Crippen LogP contribution in [0.25, 0.3) is 0 Å². The molecule has 2 heterocycles. The molecule has 2 aliphatic rings. The predicted octanol–water partition coefficient (Wildman–Crippen LogP) is 2.86. The van der Waals surface area contributed by atoms with Gasteiger partial charge < -0.3 is 9.47 Å². The molecule has 1 aromatic rings. The summed E-state index contributed by atoms with van der Waals surface area (Å²) in [7, 11) is 0. The van der Waals surface area contributed by atoms with E-state index in [0.29, 0.717) is 17.7 Å². The fraction of sp³-hybridized carbons (Fsp3) is 0.467. The van der Waals surface area contributed by atoms with Crippen LogP contribution in [-0.4, -0.2) is 22.5 Å². The van der Waals surface area contributed by atoms with Crippen LogP contribution in [0, 0.1) is 5.92 Å². The van der Waals surface area contributed by atoms with Crippen molar-refractivity contribution in [3.05, 3.63) is 29.8 Å². The Kier molecular flexibility index (Phi) is 2.74. The number of esters is 1. The average molecular weight is 275 g/mol. The van der Waals surface area contributed by atoms with Crippen LogP contribution in [0.1, 0.15) is 39.0 Å². The number of fused-ring (bicyclic) bond motifs is 3. The van der Waals surface area contributed by atoms with E-state index in [2.05, 4.69) is 0 Å². The molecule has 1 saturated heterocycles. The lowest BCUT2D eigenvalue weighted by atomic mass is 9.89. The molecule has 0 bridgehead atoms. The number of hydrogen-bond acceptors (Lipinski definition) is 4. The number of nitrogens with zero attached hydrogens (tertiary/aromatic N) is 1. The maximum atomic E-state index is 12.3. The molecular weight excluding hydrogens is 258 g/mol. The van der Waals surface area contributed by atoms with Crippen molar-refractivity contribution >= 4 is 12.1 Å². The smallest absolute Gasteiger partial charge is 0.419 e. The Balaban J connectivity index is 2.06. The molecule has 5 heteroatoms. The number of para-hydroxylation sites is 1. The molecule has 0 N–H and O–H groups in total. The zero-order valence-electron chi connectivity index (χ0n) is 11.8. The monoisotopic (exact) mass is 275 g/mol. The molecule has 20 heavy (non-hydrogen) atoms. The summed E-state index contributed by atoms with van der Waals surface area (Å²) in [6.07, 6.45) is -0.661. The molecule has 3 rings (SSSR count). The quantitative estimate of drug-likeness (QED) is 0.779. The highest BCUT2D eigenvalue weighted by atomic mass is 16.6. The number of ether oxygens (including phenoxy) is 2. The molecule has 0 aliphatic carbocycles. The Morgan fingerprint density at radius 3 is 2.70 bits per heavy atom. The minimum atomic E-state index is -0.969. The third-order valence-electron chi connectivity index (χ3n) is 3.81. The molecule has 0 spiro atoms. The molecule has 106 valence electrons. The molecular formula is C15H17NO4. The molecule has 1 fully saturated rings. The molecule has 0 unspecified atom stereocenters. The van der Waals surface area contributed by atoms with E-state index in [4.69, 9.17) is 9.47 Å². The predicted molar refractivity (Wildman–Crippen MR) is 71.0 cm³/mol. The third kappa shape index (κ3) is 1.69. The van der Waals surface area contributed by atoms with Crippen LogP contribution in [-0.2, 0) is 9.53 Å². The molecule has 1 aromatic carbocycles. The van der Waals surface area contributed by atoms with Gasteiger partial charge in [0.25, 0.3) is 0 Å². The normalized spacial score (nSPS) is 28.0. The van der Waals surface area contributed by atoms with Gasteiger partial charge >= 0.3 is 12.1 Å². The van der Waals surface area contributed by atoms with Gasteiger partial charge in [0.15, 0.2) is 0 Å². The van der Waals surface area contributed by atoms with Crippen molar-refractivity contribution in [3.63, 3.8) is 0 Å². The van der Waals surface area contributed by atoms with Crippen molar-refractivity contribution in [1.82, 2.24) is 4.90 Å². The fourth-order valence-corrected chi connectivity index (χ4v) is 3.04. The number of amides is 1. The van der Waals surface area contributed by atoms with E-state index in [0.717, 1.165) is 0 Å². The van der Waals surface area contributed by atoms with Gasteiger partial charge in [0.2, 0.25) is 6.23 Å². The summed E-state index contributed by atoms with van der Waals surface area (Å²) in [4.78, 5) is 26.0. The van der Waals surface area contributed by atoms with E-state index in [1.165, 1.54) is 4.90 Å². The van der Waals surface area contributed by atoms with Gasteiger partial charge in [-0.1, -0.05) is 26.0 Å². The first kappa shape index (κ1) is 13.0. The summed E-state index contributed by atoms with van der Waals surface area (Å²) in [6.45, 7) is 5.76. The lowest BCUT2D eigenvalue weighted by Crippen LogP contribution is -2.52. The zero-order valence-corrected chi connectivity index (χ0v) is 11.8. The molecule has 5 nitrogen and oxygen atoms in total. The van der Waals surface area contributed by atoms with Crippen molar-refractivity contribution < 1.29 is 19.1 Å². The molecule has 1 amide bonds. The van der Waals surface area contributed by atoms with Crippen LogP contribution >= 0.6 is 0 Å². The first-order valence-corrected chi connectivity index (χ1v) is 6.74. The van der Waals surface area contributed by atoms with Gasteiger partial charge in [-0.3, -0.25) is 4.90 Å². The SMILES string of the molecule is CC(C)C[C@]1(C)C(=O)O[C@@H]2c3ccccc3OC(=O)N21. The largest absolute Gasteiger partial charge is 0.435 e. The summed E-state index contributed by atoms with van der Waals surface area (Å²) in [5.74, 6) is 0.349. The first-order valence-electron chi connectivity index (χ1n) is 6.74. The van der Waals surface area contributed by atoms with E-state index >= 15 is 0 Å². The molecule has 0 aromatic heterocycles. The molecule has 0 radical (unpaired) electrons. The van der Waals surface area contributed by atoms with Crippen LogP contribution in [0.3, 0.4) is 0 Å². The number of rotatable bonds is 2. The van der Waals surface area contributed by atoms with Gasteiger partial charge in [-0.05, 0) is 31.4 Å². The van der Waals surface area contributed by atoms with Crippen LogP contribution in [0.4, 0.5) is 4.79 Å². The standard InChI is InChI=1S/C15H17NO4/c1-9(2)8-15(3)13(17)20-12-10-6-4-5-7-11(10)19-14(18)16(12)15/h4-7,9,12H,8H2,1-3H3/t12-,15-/m1/s1. The Labute approximate surface area is 117 Å². The van der Waals surface area contributed by atoms with E-state index < -0.39 is 17.9 Å². The fourth-order valence-electron chi connectivity index (χ4n) is 3.04. The number of carbonyl (C=O) groups is 2. The lowest BCUT2D eigenvalue weighted by Gasteiger charge is -2.36. The van der Waals surface area contributed by atoms with Gasteiger partial charge in [0.1, 0.15) is 11.3 Å². The Morgan fingerprint density at radius 1 is 1.30 bits per heavy atom. The Morgan fingerprint density at radius 2 is 2.00 bits per heavy atom. The van der Waals surface area contributed by atoms with E-state index in [1.807, 2.05) is 26.0 Å². The second-order valence-electron chi connectivity index (χ2n) is 5.91. The van der Waals surface area contributed by atoms with Gasteiger partial charge in [-0.2, -0.15) is 0 Å². The zero-order chi connectivity index (χ0) is 14.5. The van der Waals surface area contributed by atoms with Crippen LogP contribution < -0.4 is 4.74 Å². The van der Waals surface area contributed by atoms with Crippen molar-refractivity contribution in [3.8, 4) is 5.75 Å². The average Bonchev–Trinajstić information content (AvgIpc) is 2.62. The van der Waals surface area contributed by atoms with Crippen LogP contribution in [0.2, 0.25) is 0 Å². The van der Waals surface area contributed by atoms with Crippen molar-refractivity contribution in [2.24, 2.45) is 5.92 Å². The summed E-state index contributed by atoms with van der Waals surface area (Å²) in [6, 6.07) is 7.14. The molecule has 2 atom stereocenters. The summed E-state index contributed by atoms with van der Waals surface area (Å²) < 4.78 is 10.8. The maximum Gasteiger partial charge on any atom is 0.419 e. The first-order chi connectivity index (χ1) is 9.43. The second-order valence-corrected chi connectivity index (χ2v) is 5.91. The van der Waals surface area contributed by atoms with E-state index in [1.54, 1.807) is 19.1 Å². The summed E-state index contributed by atoms with van der Waals surface area (Å²) >= 11 is 0. The Bertz CT molecular complexity index is 583. The van der Waals surface area contributed by atoms with Gasteiger partial charge in [0, 0.05) is 0 Å². The topological polar surface area (TPSA) is 55.8 Å². The highest BCUT2D eigenvalue weighted by molar-refractivity contribution is 5.90. The molecule has 0 saturated carbocycles. The maximum absolute atomic E-state index is 12.3. The van der Waals surface area contributed by atoms with Crippen molar-refractivity contribution in [2.45, 2.75) is 39.0 Å². The second kappa shape index (κ2) is 4.23. The van der Waals surface area contributed by atoms with Gasteiger partial charge in [-0.15, -0.1) is 0 Å². The third-order valence-corrected chi connectivity index (χ3v) is 3.81. The Hall–Kier alpha value is -2.04. The van der Waals surface area contributed by atoms with Crippen LogP contribution in [0.15, 0.2) is 24.3 Å². The highest BCUT2D eigenvalue weighted by Crippen LogP contribution is 2.46. The number of carbonyl (C=O) groups excluding carboxylic acids is 2. The lowest BCUT2D eigenvalue weighted by molar-refractivity contribution is -0.145. The van der Waals surface area contributed by atoms with Gasteiger partial charge in [-0.25, -0.2) is 9.59 Å². The van der Waals surface area contributed by atoms with Crippen molar-refractivity contribution in [2.75, 3.05) is 0 Å². The highest BCUT2D eigenvalue weighted by Gasteiger charge is 2.58. The van der Waals surface area contributed by atoms with Crippen molar-refractivity contribution in [1.29, 1.82) is 0 Å². The number of benzene rings is 1. The van der Waals surface area contributed by atoms with E-state index in [-0.39, 0.29) is 11.9 Å². The van der Waals surface area contributed by atoms with Gasteiger partial charge in [0.05, 0.1) is 5.56 Å². The van der Waals surface area contributed by atoms with Crippen LogP contribution in [0.5, 0.6) is 5.75 Å². The summed E-state index contributed by atoms with van der Waals surface area (Å²) in [5, 5.41) is 0. The minimum absolute atomic E-state index is 0.260. The number of hydrogen-bond donors (Lipinski definition) is 0. The molecule has 2 aliphatic heterocycles. The van der Waals surface area contributed by atoms with E-state index in [9.17, 15) is 9.59 Å².